The Hall–Kier alpha value is -0.570. The molecule has 0 spiro atoms. The molecule has 1 fully saturated rings. The minimum Gasteiger partial charge on any atom is -0.466 e. The van der Waals surface area contributed by atoms with Gasteiger partial charge in [0, 0.05) is 0 Å². The van der Waals surface area contributed by atoms with Gasteiger partial charge in [0.2, 0.25) is 0 Å². The van der Waals surface area contributed by atoms with Gasteiger partial charge in [-0.05, 0) is 46.8 Å². The van der Waals surface area contributed by atoms with Crippen molar-refractivity contribution in [2.75, 3.05) is 26.7 Å². The van der Waals surface area contributed by atoms with Crippen LogP contribution in [0.4, 0.5) is 0 Å². The molecule has 0 atom stereocenters. The summed E-state index contributed by atoms with van der Waals surface area (Å²) in [6.45, 7) is 14.4. The summed E-state index contributed by atoms with van der Waals surface area (Å²) < 4.78 is 5.06. The summed E-state index contributed by atoms with van der Waals surface area (Å²) in [5.74, 6) is -0.0249. The number of rotatable bonds is 2. The van der Waals surface area contributed by atoms with E-state index in [1.807, 2.05) is 41.5 Å². The highest BCUT2D eigenvalue weighted by Crippen LogP contribution is 2.31. The number of hydrogen-bond acceptors (Lipinski definition) is 3. The molecule has 0 aromatic rings. The van der Waals surface area contributed by atoms with Crippen molar-refractivity contribution < 1.29 is 9.53 Å². The molecule has 0 aliphatic carbocycles. The second-order valence-corrected chi connectivity index (χ2v) is 4.08. The minimum atomic E-state index is -0.234. The van der Waals surface area contributed by atoms with E-state index in [2.05, 4.69) is 11.9 Å². The van der Waals surface area contributed by atoms with Crippen LogP contribution in [0.3, 0.4) is 0 Å². The topological polar surface area (TPSA) is 29.5 Å². The third-order valence-electron chi connectivity index (χ3n) is 2.86. The second-order valence-electron chi connectivity index (χ2n) is 4.08. The van der Waals surface area contributed by atoms with Crippen molar-refractivity contribution in [1.82, 2.24) is 4.90 Å². The van der Waals surface area contributed by atoms with Crippen LogP contribution in [0.25, 0.3) is 0 Å². The minimum absolute atomic E-state index is 0.0249. The van der Waals surface area contributed by atoms with E-state index in [1.165, 1.54) is 0 Å². The summed E-state index contributed by atoms with van der Waals surface area (Å²) in [5.41, 5.74) is -0.234. The lowest BCUT2D eigenvalue weighted by molar-refractivity contribution is -0.157. The molecule has 17 heavy (non-hydrogen) atoms. The third kappa shape index (κ3) is 6.67. The van der Waals surface area contributed by atoms with Crippen molar-refractivity contribution in [3.63, 3.8) is 0 Å². The van der Waals surface area contributed by atoms with Crippen LogP contribution in [-0.2, 0) is 9.53 Å². The van der Waals surface area contributed by atoms with Crippen molar-refractivity contribution in [3.05, 3.63) is 0 Å². The number of ether oxygens (including phenoxy) is 1. The molecule has 1 aliphatic heterocycles. The maximum Gasteiger partial charge on any atom is 0.311 e. The Morgan fingerprint density at radius 1 is 1.18 bits per heavy atom. The first kappa shape index (κ1) is 18.8. The Balaban J connectivity index is 0. The zero-order valence-electron chi connectivity index (χ0n) is 12.8. The average molecular weight is 245 g/mol. The van der Waals surface area contributed by atoms with E-state index in [9.17, 15) is 4.79 Å². The molecule has 3 nitrogen and oxygen atoms in total. The van der Waals surface area contributed by atoms with E-state index in [0.29, 0.717) is 6.61 Å². The number of piperidine rings is 1. The van der Waals surface area contributed by atoms with E-state index in [1.54, 1.807) is 0 Å². The van der Waals surface area contributed by atoms with Crippen molar-refractivity contribution in [1.29, 1.82) is 0 Å². The van der Waals surface area contributed by atoms with E-state index < -0.39 is 0 Å². The highest BCUT2D eigenvalue weighted by Gasteiger charge is 2.37. The predicted octanol–water partition coefficient (Wildman–Crippen LogP) is 3.33. The van der Waals surface area contributed by atoms with Crippen LogP contribution in [0.2, 0.25) is 0 Å². The molecular weight excluding hydrogens is 214 g/mol. The molecule has 0 saturated carbocycles. The van der Waals surface area contributed by atoms with Gasteiger partial charge in [-0.15, -0.1) is 0 Å². The number of nitrogens with zero attached hydrogens (tertiary/aromatic N) is 1. The van der Waals surface area contributed by atoms with Gasteiger partial charge in [-0.25, -0.2) is 0 Å². The molecule has 3 heteroatoms. The number of esters is 1. The molecule has 0 N–H and O–H groups in total. The normalized spacial score (nSPS) is 18.1. The van der Waals surface area contributed by atoms with Gasteiger partial charge in [0.15, 0.2) is 0 Å². The molecule has 1 saturated heterocycles. The standard InChI is InChI=1S/C10H19NO2.2C2H6/c1-4-13-9(12)10(2)5-7-11(3)8-6-10;2*1-2/h4-8H2,1-3H3;2*1-2H3. The third-order valence-corrected chi connectivity index (χ3v) is 2.86. The van der Waals surface area contributed by atoms with Crippen LogP contribution in [0.5, 0.6) is 0 Å². The SMILES string of the molecule is CC.CC.CCOC(=O)C1(C)CCN(C)CC1. The van der Waals surface area contributed by atoms with Crippen LogP contribution < -0.4 is 0 Å². The van der Waals surface area contributed by atoms with Gasteiger partial charge in [0.25, 0.3) is 0 Å². The molecule has 1 rings (SSSR count). The van der Waals surface area contributed by atoms with Gasteiger partial charge in [-0.1, -0.05) is 27.7 Å². The van der Waals surface area contributed by atoms with Gasteiger partial charge in [-0.3, -0.25) is 4.79 Å². The maximum absolute atomic E-state index is 11.6. The first-order chi connectivity index (χ1) is 8.08. The first-order valence-corrected chi connectivity index (χ1v) is 6.94. The lowest BCUT2D eigenvalue weighted by atomic mass is 9.80. The fourth-order valence-corrected chi connectivity index (χ4v) is 1.62. The van der Waals surface area contributed by atoms with Crippen molar-refractivity contribution >= 4 is 5.97 Å². The summed E-state index contributed by atoms with van der Waals surface area (Å²) in [6.07, 6.45) is 1.84. The van der Waals surface area contributed by atoms with Crippen LogP contribution in [0, 0.1) is 5.41 Å². The molecule has 0 bridgehead atoms. The highest BCUT2D eigenvalue weighted by molar-refractivity contribution is 5.76. The van der Waals surface area contributed by atoms with Gasteiger partial charge in [-0.2, -0.15) is 0 Å². The van der Waals surface area contributed by atoms with E-state index in [-0.39, 0.29) is 11.4 Å². The fraction of sp³-hybridized carbons (Fsp3) is 0.929. The van der Waals surface area contributed by atoms with E-state index in [0.717, 1.165) is 25.9 Å². The van der Waals surface area contributed by atoms with Gasteiger partial charge < -0.3 is 9.64 Å². The van der Waals surface area contributed by atoms with Gasteiger partial charge in [0.1, 0.15) is 0 Å². The Labute approximate surface area is 108 Å². The van der Waals surface area contributed by atoms with Crippen LogP contribution in [0.1, 0.15) is 54.4 Å². The Morgan fingerprint density at radius 2 is 1.59 bits per heavy atom. The smallest absolute Gasteiger partial charge is 0.311 e. The molecular formula is C14H31NO2. The number of likely N-dealkylation sites (tertiary alicyclic amines) is 1. The van der Waals surface area contributed by atoms with E-state index in [4.69, 9.17) is 4.74 Å². The molecule has 0 amide bonds. The number of hydrogen-bond donors (Lipinski definition) is 0. The molecule has 0 unspecified atom stereocenters. The van der Waals surface area contributed by atoms with E-state index >= 15 is 0 Å². The summed E-state index contributed by atoms with van der Waals surface area (Å²) in [6, 6.07) is 0. The lowest BCUT2D eigenvalue weighted by Crippen LogP contribution is -2.41. The highest BCUT2D eigenvalue weighted by atomic mass is 16.5. The first-order valence-electron chi connectivity index (χ1n) is 6.94. The Kier molecular flexibility index (Phi) is 11.7. The average Bonchev–Trinajstić information content (AvgIpc) is 2.38. The maximum atomic E-state index is 11.6. The lowest BCUT2D eigenvalue weighted by Gasteiger charge is -2.35. The molecule has 104 valence electrons. The second kappa shape index (κ2) is 10.6. The molecule has 1 aliphatic rings. The predicted molar refractivity (Wildman–Crippen MR) is 74.2 cm³/mol. The fourth-order valence-electron chi connectivity index (χ4n) is 1.62. The van der Waals surface area contributed by atoms with Crippen LogP contribution in [-0.4, -0.2) is 37.6 Å². The quantitative estimate of drug-likeness (QED) is 0.699. The van der Waals surface area contributed by atoms with Crippen molar-refractivity contribution in [2.24, 2.45) is 5.41 Å². The van der Waals surface area contributed by atoms with Gasteiger partial charge >= 0.3 is 5.97 Å². The molecule has 1 heterocycles. The Bertz CT molecular complexity index is 185. The zero-order chi connectivity index (χ0) is 13.9. The number of carbonyl (C=O) groups is 1. The molecule has 0 radical (unpaired) electrons. The van der Waals surface area contributed by atoms with Crippen LogP contribution >= 0.6 is 0 Å². The van der Waals surface area contributed by atoms with Crippen molar-refractivity contribution in [2.45, 2.75) is 54.4 Å². The largest absolute Gasteiger partial charge is 0.466 e. The zero-order valence-corrected chi connectivity index (χ0v) is 12.8. The van der Waals surface area contributed by atoms with Crippen molar-refractivity contribution in [3.8, 4) is 0 Å². The molecule has 0 aromatic carbocycles. The number of carbonyl (C=O) groups excluding carboxylic acids is 1. The Morgan fingerprint density at radius 3 is 1.94 bits per heavy atom. The summed E-state index contributed by atoms with van der Waals surface area (Å²) >= 11 is 0. The molecule has 0 aromatic heterocycles. The summed E-state index contributed by atoms with van der Waals surface area (Å²) in [7, 11) is 2.09. The monoisotopic (exact) mass is 245 g/mol. The van der Waals surface area contributed by atoms with Crippen LogP contribution in [0.15, 0.2) is 0 Å². The summed E-state index contributed by atoms with van der Waals surface area (Å²) in [5, 5.41) is 0. The summed E-state index contributed by atoms with van der Waals surface area (Å²) in [4.78, 5) is 13.8. The van der Waals surface area contributed by atoms with Gasteiger partial charge in [0.05, 0.1) is 12.0 Å².